The van der Waals surface area contributed by atoms with Gasteiger partial charge >= 0.3 is 0 Å². The van der Waals surface area contributed by atoms with E-state index in [1.54, 1.807) is 18.6 Å². The molecule has 0 saturated carbocycles. The maximum atomic E-state index is 13.1. The molecule has 1 fully saturated rings. The van der Waals surface area contributed by atoms with Gasteiger partial charge in [-0.1, -0.05) is 5.16 Å². The lowest BCUT2D eigenvalue weighted by Gasteiger charge is -2.46. The van der Waals surface area contributed by atoms with Crippen LogP contribution in [0.25, 0.3) is 0 Å². The first kappa shape index (κ1) is 18.1. The molecule has 8 heteroatoms. The van der Waals surface area contributed by atoms with Gasteiger partial charge < -0.3 is 4.52 Å². The van der Waals surface area contributed by atoms with E-state index in [2.05, 4.69) is 24.8 Å². The zero-order valence-electron chi connectivity index (χ0n) is 16.5. The molecule has 5 heterocycles. The van der Waals surface area contributed by atoms with E-state index in [4.69, 9.17) is 4.52 Å². The Kier molecular flexibility index (Phi) is 4.43. The number of hydrogen-bond donors (Lipinski definition) is 0. The summed E-state index contributed by atoms with van der Waals surface area (Å²) in [4.78, 5) is 21.4. The smallest absolute Gasteiger partial charge is 0.230 e. The molecule has 1 spiro atoms. The van der Waals surface area contributed by atoms with Crippen LogP contribution in [0, 0.1) is 6.92 Å². The highest BCUT2D eigenvalue weighted by atomic mass is 16.5. The van der Waals surface area contributed by atoms with Crippen molar-refractivity contribution in [3.8, 4) is 0 Å². The van der Waals surface area contributed by atoms with E-state index in [-0.39, 0.29) is 11.4 Å². The number of carbonyl (C=O) groups excluding carboxylic acids is 1. The first-order valence-corrected chi connectivity index (χ1v) is 10.0. The molecule has 0 bridgehead atoms. The maximum Gasteiger partial charge on any atom is 0.230 e. The van der Waals surface area contributed by atoms with Gasteiger partial charge in [0.25, 0.3) is 0 Å². The van der Waals surface area contributed by atoms with Crippen molar-refractivity contribution in [2.75, 3.05) is 18.0 Å². The average Bonchev–Trinajstić information content (AvgIpc) is 3.38. The van der Waals surface area contributed by atoms with Gasteiger partial charge in [-0.3, -0.25) is 19.6 Å². The summed E-state index contributed by atoms with van der Waals surface area (Å²) >= 11 is 0. The number of anilines is 1. The Morgan fingerprint density at radius 1 is 1.10 bits per heavy atom. The molecular weight excluding hydrogens is 368 g/mol. The van der Waals surface area contributed by atoms with Crippen LogP contribution in [-0.4, -0.2) is 43.8 Å². The molecule has 150 valence electrons. The highest BCUT2D eigenvalue weighted by Gasteiger charge is 2.45. The summed E-state index contributed by atoms with van der Waals surface area (Å²) in [5.74, 6) is 1.89. The molecule has 3 aromatic heterocycles. The van der Waals surface area contributed by atoms with Gasteiger partial charge in [0, 0.05) is 44.2 Å². The van der Waals surface area contributed by atoms with Crippen LogP contribution < -0.4 is 4.90 Å². The summed E-state index contributed by atoms with van der Waals surface area (Å²) in [6.45, 7) is 5.04. The van der Waals surface area contributed by atoms with E-state index in [1.807, 2.05) is 36.1 Å². The zero-order chi connectivity index (χ0) is 19.8. The van der Waals surface area contributed by atoms with Crippen molar-refractivity contribution in [1.29, 1.82) is 0 Å². The number of amides is 1. The third-order valence-corrected chi connectivity index (χ3v) is 6.07. The van der Waals surface area contributed by atoms with Gasteiger partial charge in [-0.2, -0.15) is 5.10 Å². The normalized spacial score (nSPS) is 18.9. The maximum absolute atomic E-state index is 13.1. The minimum Gasteiger partial charge on any atom is -0.361 e. The standard InChI is InChI=1S/C21H24N6O2/c1-16-12-18(24-29-16)15-25-10-5-21(6-11-25)13-20(28)26(19-4-9-23-27(19)21)14-17-2-7-22-8-3-17/h2-4,7-9,12H,5-6,10-11,13-15H2,1H3. The number of fused-ring (bicyclic) bond motifs is 2. The summed E-state index contributed by atoms with van der Waals surface area (Å²) < 4.78 is 7.27. The topological polar surface area (TPSA) is 80.3 Å². The first-order valence-electron chi connectivity index (χ1n) is 10.0. The number of hydrogen-bond acceptors (Lipinski definition) is 6. The lowest BCUT2D eigenvalue weighted by atomic mass is 9.82. The van der Waals surface area contributed by atoms with Crippen molar-refractivity contribution in [3.05, 3.63) is 59.9 Å². The Balaban J connectivity index is 1.34. The van der Waals surface area contributed by atoms with Crippen molar-refractivity contribution in [2.45, 2.75) is 44.8 Å². The van der Waals surface area contributed by atoms with Crippen LogP contribution in [0.3, 0.4) is 0 Å². The summed E-state index contributed by atoms with van der Waals surface area (Å²) in [6, 6.07) is 7.83. The van der Waals surface area contributed by atoms with E-state index < -0.39 is 0 Å². The largest absolute Gasteiger partial charge is 0.361 e. The lowest BCUT2D eigenvalue weighted by molar-refractivity contribution is -0.123. The van der Waals surface area contributed by atoms with E-state index in [0.717, 1.165) is 55.3 Å². The Hall–Kier alpha value is -3.00. The Morgan fingerprint density at radius 2 is 1.90 bits per heavy atom. The molecule has 5 rings (SSSR count). The minimum atomic E-state index is -0.235. The van der Waals surface area contributed by atoms with Crippen molar-refractivity contribution in [1.82, 2.24) is 24.8 Å². The molecule has 8 nitrogen and oxygen atoms in total. The minimum absolute atomic E-state index is 0.162. The quantitative estimate of drug-likeness (QED) is 0.679. The van der Waals surface area contributed by atoms with Crippen LogP contribution in [0.2, 0.25) is 0 Å². The zero-order valence-corrected chi connectivity index (χ0v) is 16.5. The molecule has 0 atom stereocenters. The summed E-state index contributed by atoms with van der Waals surface area (Å²) in [7, 11) is 0. The number of pyridine rings is 1. The van der Waals surface area contributed by atoms with E-state index in [1.165, 1.54) is 0 Å². The second-order valence-electron chi connectivity index (χ2n) is 8.04. The SMILES string of the molecule is Cc1cc(CN2CCC3(CC2)CC(=O)N(Cc2ccncc2)c2ccnn23)no1. The van der Waals surface area contributed by atoms with Gasteiger partial charge in [0.15, 0.2) is 0 Å². The number of rotatable bonds is 4. The average molecular weight is 392 g/mol. The fraction of sp³-hybridized carbons (Fsp3) is 0.429. The monoisotopic (exact) mass is 392 g/mol. The van der Waals surface area contributed by atoms with E-state index in [0.29, 0.717) is 13.0 Å². The van der Waals surface area contributed by atoms with Crippen LogP contribution in [0.4, 0.5) is 5.82 Å². The Morgan fingerprint density at radius 3 is 2.62 bits per heavy atom. The predicted octanol–water partition coefficient (Wildman–Crippen LogP) is 2.50. The first-order chi connectivity index (χ1) is 14.1. The summed E-state index contributed by atoms with van der Waals surface area (Å²) in [6.07, 6.45) is 7.60. The van der Waals surface area contributed by atoms with Crippen molar-refractivity contribution >= 4 is 11.7 Å². The number of carbonyl (C=O) groups is 1. The second-order valence-corrected chi connectivity index (χ2v) is 8.04. The molecule has 2 aliphatic rings. The van der Waals surface area contributed by atoms with Crippen LogP contribution in [0.5, 0.6) is 0 Å². The third kappa shape index (κ3) is 3.33. The number of piperidine rings is 1. The molecule has 3 aromatic rings. The molecule has 0 N–H and O–H groups in total. The van der Waals surface area contributed by atoms with Crippen LogP contribution in [0.1, 0.15) is 36.3 Å². The number of likely N-dealkylation sites (tertiary alicyclic amines) is 1. The van der Waals surface area contributed by atoms with Crippen molar-refractivity contribution in [2.24, 2.45) is 0 Å². The highest BCUT2D eigenvalue weighted by Crippen LogP contribution is 2.41. The van der Waals surface area contributed by atoms with Gasteiger partial charge in [0.2, 0.25) is 5.91 Å². The van der Waals surface area contributed by atoms with Crippen molar-refractivity contribution in [3.63, 3.8) is 0 Å². The van der Waals surface area contributed by atoms with Crippen LogP contribution in [0.15, 0.2) is 47.4 Å². The van der Waals surface area contributed by atoms with Gasteiger partial charge in [-0.15, -0.1) is 0 Å². The van der Waals surface area contributed by atoms with E-state index in [9.17, 15) is 4.79 Å². The van der Waals surface area contributed by atoms with Gasteiger partial charge in [0.05, 0.1) is 30.4 Å². The molecule has 0 aliphatic carbocycles. The van der Waals surface area contributed by atoms with Crippen molar-refractivity contribution < 1.29 is 9.32 Å². The Labute approximate surface area is 169 Å². The van der Waals surface area contributed by atoms with Crippen LogP contribution >= 0.6 is 0 Å². The third-order valence-electron chi connectivity index (χ3n) is 6.07. The van der Waals surface area contributed by atoms with Gasteiger partial charge in [0.1, 0.15) is 11.6 Å². The fourth-order valence-electron chi connectivity index (χ4n) is 4.52. The molecule has 0 aromatic carbocycles. The van der Waals surface area contributed by atoms with Gasteiger partial charge in [-0.05, 0) is 37.5 Å². The summed E-state index contributed by atoms with van der Waals surface area (Å²) in [5.41, 5.74) is 1.79. The molecule has 0 unspecified atom stereocenters. The number of aryl methyl sites for hydroxylation is 1. The number of nitrogens with zero attached hydrogens (tertiary/aromatic N) is 6. The highest BCUT2D eigenvalue weighted by molar-refractivity contribution is 5.94. The van der Waals surface area contributed by atoms with Gasteiger partial charge in [-0.25, -0.2) is 4.68 Å². The molecule has 0 radical (unpaired) electrons. The predicted molar refractivity (Wildman–Crippen MR) is 106 cm³/mol. The molecule has 29 heavy (non-hydrogen) atoms. The molecule has 2 aliphatic heterocycles. The Bertz CT molecular complexity index is 1000. The molecule has 1 amide bonds. The fourth-order valence-corrected chi connectivity index (χ4v) is 4.52. The second kappa shape index (κ2) is 7.11. The lowest BCUT2D eigenvalue weighted by Crippen LogP contribution is -2.53. The summed E-state index contributed by atoms with van der Waals surface area (Å²) in [5, 5.41) is 8.74. The van der Waals surface area contributed by atoms with Crippen LogP contribution in [-0.2, 0) is 23.4 Å². The van der Waals surface area contributed by atoms with E-state index >= 15 is 0 Å². The molecular formula is C21H24N6O2. The molecule has 1 saturated heterocycles. The number of aromatic nitrogens is 4.